The first kappa shape index (κ1) is 24.5. The number of aromatic nitrogens is 1. The lowest BCUT2D eigenvalue weighted by atomic mass is 10.0. The van der Waals surface area contributed by atoms with E-state index in [1.54, 1.807) is 0 Å². The summed E-state index contributed by atoms with van der Waals surface area (Å²) in [6.07, 6.45) is -0.134. The highest BCUT2D eigenvalue weighted by molar-refractivity contribution is 5.77. The van der Waals surface area contributed by atoms with Gasteiger partial charge in [0.2, 0.25) is 5.91 Å². The Morgan fingerprint density at radius 2 is 1.82 bits per heavy atom. The van der Waals surface area contributed by atoms with Crippen molar-refractivity contribution in [1.82, 2.24) is 15.2 Å². The highest BCUT2D eigenvalue weighted by Gasteiger charge is 2.30. The Labute approximate surface area is 197 Å². The van der Waals surface area contributed by atoms with E-state index in [4.69, 9.17) is 4.74 Å². The number of hydrogen-bond acceptors (Lipinski definition) is 5. The maximum Gasteiger partial charge on any atom is 0.422 e. The Morgan fingerprint density at radius 3 is 2.41 bits per heavy atom. The number of rotatable bonds is 9. The summed E-state index contributed by atoms with van der Waals surface area (Å²) in [5, 5.41) is 14.0. The first-order valence-corrected chi connectivity index (χ1v) is 11.7. The fraction of sp³-hybridized carbons (Fsp3) is 0.520. The molecule has 2 aliphatic rings. The van der Waals surface area contributed by atoms with Crippen LogP contribution < -0.4 is 10.1 Å². The van der Waals surface area contributed by atoms with Crippen LogP contribution in [0.3, 0.4) is 0 Å². The van der Waals surface area contributed by atoms with Crippen molar-refractivity contribution < 1.29 is 27.8 Å². The largest absolute Gasteiger partial charge is 0.483 e. The molecule has 1 aliphatic heterocycles. The van der Waals surface area contributed by atoms with Crippen molar-refractivity contribution in [3.63, 3.8) is 0 Å². The molecule has 0 radical (unpaired) electrons. The summed E-state index contributed by atoms with van der Waals surface area (Å²) in [5.74, 6) is 0.0746. The van der Waals surface area contributed by atoms with Gasteiger partial charge in [-0.1, -0.05) is 24.3 Å². The third kappa shape index (κ3) is 6.70. The van der Waals surface area contributed by atoms with Crippen molar-refractivity contribution in [2.24, 2.45) is 5.92 Å². The molecule has 1 aromatic carbocycles. The Bertz CT molecular complexity index is 937. The Balaban J connectivity index is 1.38. The molecule has 0 spiro atoms. The van der Waals surface area contributed by atoms with E-state index < -0.39 is 24.9 Å². The van der Waals surface area contributed by atoms with E-state index in [0.717, 1.165) is 45.0 Å². The van der Waals surface area contributed by atoms with E-state index in [0.29, 0.717) is 13.0 Å². The van der Waals surface area contributed by atoms with Crippen LogP contribution in [0.5, 0.6) is 5.75 Å². The van der Waals surface area contributed by atoms with E-state index in [1.165, 1.54) is 23.3 Å². The van der Waals surface area contributed by atoms with E-state index in [2.05, 4.69) is 27.3 Å². The predicted octanol–water partition coefficient (Wildman–Crippen LogP) is 3.44. The maximum absolute atomic E-state index is 12.9. The Hall–Kier alpha value is -2.65. The molecule has 2 N–H and O–H groups in total. The predicted molar refractivity (Wildman–Crippen MR) is 120 cm³/mol. The van der Waals surface area contributed by atoms with E-state index in [-0.39, 0.29) is 23.3 Å². The zero-order valence-electron chi connectivity index (χ0n) is 18.9. The maximum atomic E-state index is 12.9. The normalized spacial score (nSPS) is 18.5. The minimum Gasteiger partial charge on any atom is -0.483 e. The second-order valence-electron chi connectivity index (χ2n) is 9.20. The molecule has 2 atom stereocenters. The van der Waals surface area contributed by atoms with Crippen LogP contribution in [-0.4, -0.2) is 59.4 Å². The third-order valence-corrected chi connectivity index (χ3v) is 6.46. The molecular formula is C25H30F3N3O3. The standard InChI is InChI=1S/C25H30F3N3O3/c26-25(27,28)16-34-20-7-8-21(29-14-20)24(33)22(15-31-9-3-4-10-31)30-23(32)13-17-11-18-5-1-2-6-19(18)12-17/h1-2,5-8,14,17,22,24,33H,3-4,9-13,15-16H2,(H,30,32). The van der Waals surface area contributed by atoms with Gasteiger partial charge in [-0.2, -0.15) is 13.2 Å². The molecule has 4 rings (SSSR count). The average Bonchev–Trinajstić information content (AvgIpc) is 3.45. The summed E-state index contributed by atoms with van der Waals surface area (Å²) in [6, 6.07) is 10.4. The fourth-order valence-corrected chi connectivity index (χ4v) is 4.81. The number of nitrogens with one attached hydrogen (secondary N) is 1. The number of carbonyl (C=O) groups is 1. The summed E-state index contributed by atoms with van der Waals surface area (Å²) in [6.45, 7) is 0.865. The third-order valence-electron chi connectivity index (χ3n) is 6.46. The van der Waals surface area contributed by atoms with Crippen molar-refractivity contribution in [2.45, 2.75) is 50.4 Å². The minimum atomic E-state index is -4.44. The molecule has 1 fully saturated rings. The van der Waals surface area contributed by atoms with Gasteiger partial charge in [-0.05, 0) is 68.0 Å². The molecule has 0 bridgehead atoms. The first-order valence-electron chi connectivity index (χ1n) is 11.7. The minimum absolute atomic E-state index is 0.0331. The molecule has 6 nitrogen and oxygen atoms in total. The van der Waals surface area contributed by atoms with Gasteiger partial charge in [0.15, 0.2) is 6.61 Å². The monoisotopic (exact) mass is 477 g/mol. The number of nitrogens with zero attached hydrogens (tertiary/aromatic N) is 2. The van der Waals surface area contributed by atoms with Crippen molar-refractivity contribution in [1.29, 1.82) is 0 Å². The number of amides is 1. The lowest BCUT2D eigenvalue weighted by molar-refractivity contribution is -0.153. The molecule has 1 aliphatic carbocycles. The van der Waals surface area contributed by atoms with Crippen molar-refractivity contribution in [2.75, 3.05) is 26.2 Å². The lowest BCUT2D eigenvalue weighted by Gasteiger charge is -2.28. The number of benzene rings is 1. The molecule has 1 saturated heterocycles. The van der Waals surface area contributed by atoms with Gasteiger partial charge in [0, 0.05) is 13.0 Å². The SMILES string of the molecule is O=C(CC1Cc2ccccc2C1)NC(CN1CCCC1)C(O)c1ccc(OCC(F)(F)F)cn1. The Kier molecular flexibility index (Phi) is 7.73. The molecule has 9 heteroatoms. The number of ether oxygens (including phenoxy) is 1. The second-order valence-corrected chi connectivity index (χ2v) is 9.20. The van der Waals surface area contributed by atoms with Gasteiger partial charge in [-0.15, -0.1) is 0 Å². The molecule has 1 amide bonds. The number of aliphatic hydroxyl groups is 1. The van der Waals surface area contributed by atoms with E-state index in [1.807, 2.05) is 12.1 Å². The zero-order valence-corrected chi connectivity index (χ0v) is 18.9. The first-order chi connectivity index (χ1) is 16.3. The summed E-state index contributed by atoms with van der Waals surface area (Å²) in [5.41, 5.74) is 2.84. The number of aliphatic hydroxyl groups excluding tert-OH is 1. The number of carbonyl (C=O) groups excluding carboxylic acids is 1. The van der Waals surface area contributed by atoms with Crippen molar-refractivity contribution in [3.05, 3.63) is 59.4 Å². The quantitative estimate of drug-likeness (QED) is 0.579. The molecule has 184 valence electrons. The van der Waals surface area contributed by atoms with Crippen LogP contribution in [0.4, 0.5) is 13.2 Å². The molecule has 1 aromatic heterocycles. The molecular weight excluding hydrogens is 447 g/mol. The number of pyridine rings is 1. The smallest absolute Gasteiger partial charge is 0.422 e. The van der Waals surface area contributed by atoms with Crippen LogP contribution in [0.2, 0.25) is 0 Å². The molecule has 34 heavy (non-hydrogen) atoms. The number of fused-ring (bicyclic) bond motifs is 1. The molecule has 0 saturated carbocycles. The van der Waals surface area contributed by atoms with Gasteiger partial charge in [0.05, 0.1) is 17.9 Å². The van der Waals surface area contributed by atoms with Gasteiger partial charge in [-0.25, -0.2) is 0 Å². The highest BCUT2D eigenvalue weighted by Crippen LogP contribution is 2.29. The fourth-order valence-electron chi connectivity index (χ4n) is 4.81. The topological polar surface area (TPSA) is 74.7 Å². The second kappa shape index (κ2) is 10.7. The Morgan fingerprint density at radius 1 is 1.15 bits per heavy atom. The highest BCUT2D eigenvalue weighted by atomic mass is 19.4. The lowest BCUT2D eigenvalue weighted by Crippen LogP contribution is -2.47. The van der Waals surface area contributed by atoms with E-state index >= 15 is 0 Å². The summed E-state index contributed by atoms with van der Waals surface area (Å²) in [4.78, 5) is 19.2. The number of hydrogen-bond donors (Lipinski definition) is 2. The number of alkyl halides is 3. The van der Waals surface area contributed by atoms with Crippen LogP contribution in [0.1, 0.15) is 42.2 Å². The van der Waals surface area contributed by atoms with Gasteiger partial charge in [0.1, 0.15) is 11.9 Å². The molecule has 2 aromatic rings. The number of halogens is 3. The van der Waals surface area contributed by atoms with Gasteiger partial charge in [0.25, 0.3) is 0 Å². The van der Waals surface area contributed by atoms with Crippen molar-refractivity contribution >= 4 is 5.91 Å². The van der Waals surface area contributed by atoms with Crippen LogP contribution in [-0.2, 0) is 17.6 Å². The van der Waals surface area contributed by atoms with Gasteiger partial charge >= 0.3 is 6.18 Å². The van der Waals surface area contributed by atoms with Crippen LogP contribution >= 0.6 is 0 Å². The van der Waals surface area contributed by atoms with Gasteiger partial charge < -0.3 is 20.1 Å². The van der Waals surface area contributed by atoms with Crippen LogP contribution in [0.25, 0.3) is 0 Å². The van der Waals surface area contributed by atoms with E-state index in [9.17, 15) is 23.1 Å². The summed E-state index contributed by atoms with van der Waals surface area (Å²) in [7, 11) is 0. The summed E-state index contributed by atoms with van der Waals surface area (Å²) < 4.78 is 41.8. The number of likely N-dealkylation sites (tertiary alicyclic amines) is 1. The molecule has 2 heterocycles. The van der Waals surface area contributed by atoms with Crippen LogP contribution in [0, 0.1) is 5.92 Å². The molecule has 2 unspecified atom stereocenters. The average molecular weight is 478 g/mol. The summed E-state index contributed by atoms with van der Waals surface area (Å²) >= 11 is 0. The zero-order chi connectivity index (χ0) is 24.1. The van der Waals surface area contributed by atoms with Crippen molar-refractivity contribution in [3.8, 4) is 5.75 Å². The van der Waals surface area contributed by atoms with Crippen LogP contribution in [0.15, 0.2) is 42.6 Å². The van der Waals surface area contributed by atoms with Gasteiger partial charge in [-0.3, -0.25) is 9.78 Å².